The van der Waals surface area contributed by atoms with Crippen molar-refractivity contribution in [1.29, 1.82) is 0 Å². The van der Waals surface area contributed by atoms with E-state index >= 15 is 0 Å². The van der Waals surface area contributed by atoms with E-state index in [9.17, 15) is 9.59 Å². The van der Waals surface area contributed by atoms with Crippen LogP contribution in [0.2, 0.25) is 0 Å². The molecule has 2 atom stereocenters. The molecular formula is C20H20N2O2. The van der Waals surface area contributed by atoms with Crippen molar-refractivity contribution in [3.63, 3.8) is 0 Å². The first-order chi connectivity index (χ1) is 11.7. The second-order valence-electron chi connectivity index (χ2n) is 6.46. The predicted octanol–water partition coefficient (Wildman–Crippen LogP) is 3.00. The molecule has 0 spiro atoms. The molecule has 0 N–H and O–H groups in total. The van der Waals surface area contributed by atoms with E-state index in [4.69, 9.17) is 0 Å². The van der Waals surface area contributed by atoms with E-state index in [1.165, 1.54) is 0 Å². The molecule has 2 aromatic carbocycles. The molecule has 0 radical (unpaired) electrons. The number of benzene rings is 2. The second kappa shape index (κ2) is 5.78. The van der Waals surface area contributed by atoms with Crippen LogP contribution >= 0.6 is 0 Å². The van der Waals surface area contributed by atoms with Crippen molar-refractivity contribution in [3.05, 3.63) is 71.3 Å². The summed E-state index contributed by atoms with van der Waals surface area (Å²) in [6.07, 6.45) is 0.839. The number of nitrogens with zero attached hydrogens (tertiary/aromatic N) is 2. The van der Waals surface area contributed by atoms with Gasteiger partial charge in [-0.05, 0) is 23.6 Å². The Morgan fingerprint density at radius 1 is 1.00 bits per heavy atom. The molecule has 1 saturated heterocycles. The summed E-state index contributed by atoms with van der Waals surface area (Å²) in [6.45, 7) is 3.27. The first-order valence-electron chi connectivity index (χ1n) is 8.45. The average Bonchev–Trinajstić information content (AvgIpc) is 2.91. The molecule has 0 bridgehead atoms. The molecule has 0 aromatic heterocycles. The van der Waals surface area contributed by atoms with Crippen LogP contribution in [0.4, 0.5) is 0 Å². The first-order valence-corrected chi connectivity index (χ1v) is 8.45. The number of carbonyl (C=O) groups excluding carboxylic acids is 2. The van der Waals surface area contributed by atoms with Gasteiger partial charge < -0.3 is 9.80 Å². The van der Waals surface area contributed by atoms with Gasteiger partial charge in [0, 0.05) is 24.7 Å². The third-order valence-electron chi connectivity index (χ3n) is 5.09. The Hall–Kier alpha value is -2.62. The lowest BCUT2D eigenvalue weighted by Crippen LogP contribution is -2.56. The smallest absolute Gasteiger partial charge is 0.255 e. The maximum Gasteiger partial charge on any atom is 0.255 e. The normalized spacial score (nSPS) is 22.5. The number of hydrogen-bond acceptors (Lipinski definition) is 2. The van der Waals surface area contributed by atoms with Gasteiger partial charge in [0.05, 0.1) is 0 Å². The third-order valence-corrected chi connectivity index (χ3v) is 5.09. The van der Waals surface area contributed by atoms with Crippen molar-refractivity contribution >= 4 is 11.8 Å². The Bertz CT molecular complexity index is 787. The predicted molar refractivity (Wildman–Crippen MR) is 91.3 cm³/mol. The van der Waals surface area contributed by atoms with E-state index in [1.807, 2.05) is 59.5 Å². The summed E-state index contributed by atoms with van der Waals surface area (Å²) in [7, 11) is 0. The zero-order chi connectivity index (χ0) is 16.7. The zero-order valence-electron chi connectivity index (χ0n) is 13.7. The maximum absolute atomic E-state index is 13.2. The third kappa shape index (κ3) is 2.21. The molecular weight excluding hydrogens is 300 g/mol. The minimum Gasteiger partial charge on any atom is -0.332 e. The molecule has 2 heterocycles. The van der Waals surface area contributed by atoms with E-state index in [0.717, 1.165) is 17.5 Å². The summed E-state index contributed by atoms with van der Waals surface area (Å²) in [5.74, 6) is 0.0250. The van der Waals surface area contributed by atoms with Crippen LogP contribution in [0.5, 0.6) is 0 Å². The topological polar surface area (TPSA) is 40.6 Å². The van der Waals surface area contributed by atoms with Crippen LogP contribution in [-0.2, 0) is 11.3 Å². The highest BCUT2D eigenvalue weighted by Gasteiger charge is 2.48. The van der Waals surface area contributed by atoms with Crippen molar-refractivity contribution < 1.29 is 9.59 Å². The second-order valence-corrected chi connectivity index (χ2v) is 6.46. The fourth-order valence-electron chi connectivity index (χ4n) is 3.82. The fourth-order valence-corrected chi connectivity index (χ4v) is 3.82. The summed E-state index contributed by atoms with van der Waals surface area (Å²) in [5, 5.41) is 0. The van der Waals surface area contributed by atoms with E-state index in [1.54, 1.807) is 4.90 Å². The lowest BCUT2D eigenvalue weighted by molar-refractivity contribution is -0.145. The Morgan fingerprint density at radius 2 is 1.71 bits per heavy atom. The van der Waals surface area contributed by atoms with E-state index in [-0.39, 0.29) is 17.9 Å². The molecule has 1 fully saturated rings. The van der Waals surface area contributed by atoms with Crippen LogP contribution in [0.15, 0.2) is 54.6 Å². The van der Waals surface area contributed by atoms with Gasteiger partial charge in [0.2, 0.25) is 0 Å². The van der Waals surface area contributed by atoms with Crippen LogP contribution in [0.1, 0.15) is 40.9 Å². The minimum absolute atomic E-state index is 0.0123. The number of hydrogen-bond donors (Lipinski definition) is 0. The molecule has 2 aromatic rings. The van der Waals surface area contributed by atoms with Crippen LogP contribution in [0.25, 0.3) is 0 Å². The van der Waals surface area contributed by atoms with Crippen molar-refractivity contribution in [2.24, 2.45) is 0 Å². The van der Waals surface area contributed by atoms with Crippen molar-refractivity contribution in [2.45, 2.75) is 32.0 Å². The van der Waals surface area contributed by atoms with E-state index in [0.29, 0.717) is 18.7 Å². The molecule has 0 aliphatic carbocycles. The molecule has 4 nitrogen and oxygen atoms in total. The maximum atomic E-state index is 13.2. The van der Waals surface area contributed by atoms with Gasteiger partial charge in [-0.3, -0.25) is 9.59 Å². The molecule has 2 unspecified atom stereocenters. The molecule has 2 amide bonds. The molecule has 2 aliphatic heterocycles. The number of amides is 2. The Balaban J connectivity index is 1.70. The van der Waals surface area contributed by atoms with Gasteiger partial charge in [0.1, 0.15) is 6.04 Å². The molecule has 0 saturated carbocycles. The van der Waals surface area contributed by atoms with Crippen LogP contribution in [-0.4, -0.2) is 34.2 Å². The van der Waals surface area contributed by atoms with Gasteiger partial charge in [-0.1, -0.05) is 55.5 Å². The molecule has 4 heteroatoms. The van der Waals surface area contributed by atoms with Crippen molar-refractivity contribution in [2.75, 3.05) is 6.54 Å². The molecule has 24 heavy (non-hydrogen) atoms. The standard InChI is InChI=1S/C20H20N2O2/c1-2-15-13-22-18(16-10-6-7-11-17(16)19(22)23)20(24)21(15)12-14-8-4-3-5-9-14/h3-11,15,18H,2,12-13H2,1H3. The van der Waals surface area contributed by atoms with Crippen LogP contribution < -0.4 is 0 Å². The SMILES string of the molecule is CCC1CN2C(=O)c3ccccc3C2C(=O)N1Cc1ccccc1. The lowest BCUT2D eigenvalue weighted by atomic mass is 9.99. The highest BCUT2D eigenvalue weighted by Crippen LogP contribution is 2.39. The fraction of sp³-hybridized carbons (Fsp3) is 0.300. The summed E-state index contributed by atoms with van der Waals surface area (Å²) in [5.41, 5.74) is 2.64. The van der Waals surface area contributed by atoms with E-state index in [2.05, 4.69) is 6.92 Å². The summed E-state index contributed by atoms with van der Waals surface area (Å²) in [4.78, 5) is 29.6. The molecule has 4 rings (SSSR count). The monoisotopic (exact) mass is 320 g/mol. The van der Waals surface area contributed by atoms with Crippen LogP contribution in [0.3, 0.4) is 0 Å². The van der Waals surface area contributed by atoms with E-state index < -0.39 is 6.04 Å². The Kier molecular flexibility index (Phi) is 3.60. The first kappa shape index (κ1) is 14.9. The largest absolute Gasteiger partial charge is 0.332 e. The Morgan fingerprint density at radius 3 is 2.46 bits per heavy atom. The number of piperazine rings is 1. The minimum atomic E-state index is -0.458. The zero-order valence-corrected chi connectivity index (χ0v) is 13.7. The van der Waals surface area contributed by atoms with Gasteiger partial charge in [-0.25, -0.2) is 0 Å². The Labute approximate surface area is 141 Å². The van der Waals surface area contributed by atoms with Gasteiger partial charge in [0.15, 0.2) is 0 Å². The quantitative estimate of drug-likeness (QED) is 0.872. The van der Waals surface area contributed by atoms with Gasteiger partial charge >= 0.3 is 0 Å². The highest BCUT2D eigenvalue weighted by atomic mass is 16.2. The average molecular weight is 320 g/mol. The molecule has 2 aliphatic rings. The number of fused-ring (bicyclic) bond motifs is 3. The van der Waals surface area contributed by atoms with Gasteiger partial charge in [-0.2, -0.15) is 0 Å². The van der Waals surface area contributed by atoms with Crippen LogP contribution in [0, 0.1) is 0 Å². The summed E-state index contributed by atoms with van der Waals surface area (Å²) in [6, 6.07) is 17.1. The lowest BCUT2D eigenvalue weighted by Gasteiger charge is -2.43. The summed E-state index contributed by atoms with van der Waals surface area (Å²) < 4.78 is 0. The molecule has 122 valence electrons. The van der Waals surface area contributed by atoms with Gasteiger partial charge in [-0.15, -0.1) is 0 Å². The van der Waals surface area contributed by atoms with Crippen molar-refractivity contribution in [1.82, 2.24) is 9.80 Å². The number of carbonyl (C=O) groups is 2. The highest BCUT2D eigenvalue weighted by molar-refractivity contribution is 6.05. The summed E-state index contributed by atoms with van der Waals surface area (Å²) >= 11 is 0. The number of rotatable bonds is 3. The van der Waals surface area contributed by atoms with Gasteiger partial charge in [0.25, 0.3) is 11.8 Å². The van der Waals surface area contributed by atoms with Crippen molar-refractivity contribution in [3.8, 4) is 0 Å².